The topological polar surface area (TPSA) is 118 Å². The first-order chi connectivity index (χ1) is 14.4. The van der Waals surface area contributed by atoms with Crippen molar-refractivity contribution in [3.63, 3.8) is 0 Å². The van der Waals surface area contributed by atoms with E-state index >= 15 is 0 Å². The maximum absolute atomic E-state index is 10.3. The van der Waals surface area contributed by atoms with Crippen molar-refractivity contribution in [3.8, 4) is 0 Å². The summed E-state index contributed by atoms with van der Waals surface area (Å²) in [5.74, 6) is 0. The Labute approximate surface area is 173 Å². The van der Waals surface area contributed by atoms with Gasteiger partial charge in [0.15, 0.2) is 0 Å². The molecule has 0 aliphatic heterocycles. The lowest BCUT2D eigenvalue weighted by molar-refractivity contribution is 0.562. The van der Waals surface area contributed by atoms with Crippen molar-refractivity contribution >= 4 is 35.7 Å². The molecule has 0 unspecified atom stereocenters. The number of rotatable bonds is 6. The smallest absolute Gasteiger partial charge is 0.211 e. The van der Waals surface area contributed by atoms with Crippen molar-refractivity contribution in [2.24, 2.45) is 20.0 Å². The maximum atomic E-state index is 10.3. The highest BCUT2D eigenvalue weighted by molar-refractivity contribution is 5.72. The summed E-state index contributed by atoms with van der Waals surface area (Å²) in [6.07, 6.45) is 6.02. The average molecular weight is 404 g/mol. The van der Waals surface area contributed by atoms with Gasteiger partial charge < -0.3 is 0 Å². The molecule has 152 valence electrons. The third kappa shape index (κ3) is 6.54. The van der Waals surface area contributed by atoms with Gasteiger partial charge in [-0.2, -0.15) is 9.98 Å². The molecule has 0 saturated carbocycles. The molecule has 0 aromatic heterocycles. The predicted octanol–water partition coefficient (Wildman–Crippen LogP) is 4.21. The molecule has 2 aromatic rings. The molecule has 0 amide bonds. The predicted molar refractivity (Wildman–Crippen MR) is 111 cm³/mol. The third-order valence-electron chi connectivity index (χ3n) is 4.54. The van der Waals surface area contributed by atoms with Crippen LogP contribution >= 0.6 is 0 Å². The summed E-state index contributed by atoms with van der Waals surface area (Å²) in [4.78, 5) is 54.6. The quantitative estimate of drug-likeness (QED) is 0.529. The lowest BCUT2D eigenvalue weighted by Crippen LogP contribution is -1.92. The second-order valence-corrected chi connectivity index (χ2v) is 6.23. The molecule has 0 fully saturated rings. The average Bonchev–Trinajstić information content (AvgIpc) is 2.76. The summed E-state index contributed by atoms with van der Waals surface area (Å²) in [6.45, 7) is 8.01. The fourth-order valence-corrected chi connectivity index (χ4v) is 2.70. The highest BCUT2D eigenvalue weighted by Gasteiger charge is 2.13. The lowest BCUT2D eigenvalue weighted by Gasteiger charge is -2.13. The molecule has 0 bridgehead atoms. The minimum absolute atomic E-state index is 0.334. The molecule has 0 aliphatic rings. The number of aliphatic imine (C=N–C) groups is 4. The minimum Gasteiger partial charge on any atom is -0.211 e. The van der Waals surface area contributed by atoms with Gasteiger partial charge in [-0.1, -0.05) is 24.3 Å². The summed E-state index contributed by atoms with van der Waals surface area (Å²) >= 11 is 0. The van der Waals surface area contributed by atoms with Gasteiger partial charge in [0.25, 0.3) is 0 Å². The van der Waals surface area contributed by atoms with E-state index in [1.54, 1.807) is 0 Å². The Kier molecular flexibility index (Phi) is 9.94. The van der Waals surface area contributed by atoms with Gasteiger partial charge in [-0.3, -0.25) is 0 Å². The Morgan fingerprint density at radius 1 is 0.567 bits per heavy atom. The van der Waals surface area contributed by atoms with Crippen molar-refractivity contribution in [2.75, 3.05) is 0 Å². The monoisotopic (exact) mass is 404 g/mol. The SMILES string of the molecule is Cc1c(C)c(N=C=O)c(C)c(C)c1N=C=O.O=C=NCc1ccc(CN=C=O)cc1. The Morgan fingerprint density at radius 3 is 1.10 bits per heavy atom. The minimum atomic E-state index is 0.334. The van der Waals surface area contributed by atoms with E-state index < -0.39 is 0 Å². The number of hydrogen-bond acceptors (Lipinski definition) is 8. The van der Waals surface area contributed by atoms with Crippen LogP contribution in [0.3, 0.4) is 0 Å². The maximum Gasteiger partial charge on any atom is 0.240 e. The largest absolute Gasteiger partial charge is 0.240 e. The molecule has 8 heteroatoms. The molecule has 2 aromatic carbocycles. The van der Waals surface area contributed by atoms with Gasteiger partial charge in [0, 0.05) is 0 Å². The fraction of sp³-hybridized carbons (Fsp3) is 0.273. The molecule has 0 spiro atoms. The van der Waals surface area contributed by atoms with E-state index in [2.05, 4.69) is 20.0 Å². The zero-order valence-corrected chi connectivity index (χ0v) is 17.1. The van der Waals surface area contributed by atoms with Crippen LogP contribution in [-0.4, -0.2) is 24.3 Å². The highest BCUT2D eigenvalue weighted by Crippen LogP contribution is 2.36. The second kappa shape index (κ2) is 12.4. The molecule has 30 heavy (non-hydrogen) atoms. The molecule has 0 N–H and O–H groups in total. The Balaban J connectivity index is 0.000000303. The summed E-state index contributed by atoms with van der Waals surface area (Å²) in [6, 6.07) is 7.32. The zero-order chi connectivity index (χ0) is 22.5. The van der Waals surface area contributed by atoms with Crippen LogP contribution in [0.4, 0.5) is 11.4 Å². The number of nitrogens with zero attached hydrogens (tertiary/aromatic N) is 4. The standard InChI is InChI=1S/C12H12N2O2.C10H8N2O2/c1-7-8(2)12(14-6-16)10(4)9(3)11(7)13-5-15;13-7-11-5-9-1-2-10(4-3-9)6-12-8-14/h1-4H3;1-4H,5-6H2. The van der Waals surface area contributed by atoms with Gasteiger partial charge in [0.05, 0.1) is 24.5 Å². The molecule has 8 nitrogen and oxygen atoms in total. The van der Waals surface area contributed by atoms with E-state index in [0.717, 1.165) is 33.4 Å². The molecule has 0 aliphatic carbocycles. The van der Waals surface area contributed by atoms with Gasteiger partial charge in [0.1, 0.15) is 0 Å². The summed E-state index contributed by atoms with van der Waals surface area (Å²) in [7, 11) is 0. The van der Waals surface area contributed by atoms with E-state index in [-0.39, 0.29) is 0 Å². The molecular formula is C22H20N4O4. The first-order valence-corrected chi connectivity index (χ1v) is 8.82. The highest BCUT2D eigenvalue weighted by atomic mass is 16.1. The number of hydrogen-bond donors (Lipinski definition) is 0. The fourth-order valence-electron chi connectivity index (χ4n) is 2.70. The van der Waals surface area contributed by atoms with Gasteiger partial charge in [-0.15, -0.1) is 0 Å². The van der Waals surface area contributed by atoms with Crippen LogP contribution in [0.5, 0.6) is 0 Å². The van der Waals surface area contributed by atoms with Crippen molar-refractivity contribution in [2.45, 2.75) is 40.8 Å². The Bertz CT molecular complexity index is 980. The van der Waals surface area contributed by atoms with Crippen LogP contribution in [0.2, 0.25) is 0 Å². The van der Waals surface area contributed by atoms with E-state index in [9.17, 15) is 19.2 Å². The van der Waals surface area contributed by atoms with E-state index in [1.807, 2.05) is 52.0 Å². The second-order valence-electron chi connectivity index (χ2n) is 6.23. The van der Waals surface area contributed by atoms with E-state index in [1.165, 1.54) is 24.3 Å². The first kappa shape index (κ1) is 24.0. The van der Waals surface area contributed by atoms with Gasteiger partial charge in [-0.05, 0) is 61.1 Å². The van der Waals surface area contributed by atoms with Gasteiger partial charge in [0.2, 0.25) is 24.3 Å². The van der Waals surface area contributed by atoms with Crippen molar-refractivity contribution in [1.29, 1.82) is 0 Å². The molecule has 2 rings (SSSR count). The Morgan fingerprint density at radius 2 is 0.867 bits per heavy atom. The van der Waals surface area contributed by atoms with Crippen LogP contribution in [-0.2, 0) is 32.3 Å². The third-order valence-corrected chi connectivity index (χ3v) is 4.54. The lowest BCUT2D eigenvalue weighted by atomic mass is 9.96. The molecule has 0 atom stereocenters. The van der Waals surface area contributed by atoms with Gasteiger partial charge in [-0.25, -0.2) is 29.2 Å². The van der Waals surface area contributed by atoms with Crippen LogP contribution < -0.4 is 0 Å². The molecule has 0 heterocycles. The van der Waals surface area contributed by atoms with Crippen molar-refractivity contribution in [3.05, 3.63) is 57.6 Å². The van der Waals surface area contributed by atoms with Crippen molar-refractivity contribution < 1.29 is 19.2 Å². The van der Waals surface area contributed by atoms with Gasteiger partial charge >= 0.3 is 0 Å². The number of benzene rings is 2. The summed E-state index contributed by atoms with van der Waals surface area (Å²) < 4.78 is 0. The van der Waals surface area contributed by atoms with Crippen LogP contribution in [0.1, 0.15) is 33.4 Å². The van der Waals surface area contributed by atoms with Crippen LogP contribution in [0.15, 0.2) is 44.2 Å². The van der Waals surface area contributed by atoms with Crippen molar-refractivity contribution in [1.82, 2.24) is 0 Å². The van der Waals surface area contributed by atoms with E-state index in [0.29, 0.717) is 24.5 Å². The Hall–Kier alpha value is -4.04. The molecular weight excluding hydrogens is 384 g/mol. The number of carbonyl (C=O) groups excluding carboxylic acids is 4. The molecule has 0 radical (unpaired) electrons. The first-order valence-electron chi connectivity index (χ1n) is 8.82. The zero-order valence-electron chi connectivity index (χ0n) is 17.1. The number of isocyanates is 4. The summed E-state index contributed by atoms with van der Waals surface area (Å²) in [5, 5.41) is 0. The summed E-state index contributed by atoms with van der Waals surface area (Å²) in [5.41, 5.74) is 6.39. The van der Waals surface area contributed by atoms with E-state index in [4.69, 9.17) is 0 Å². The van der Waals surface area contributed by atoms with Crippen LogP contribution in [0.25, 0.3) is 0 Å². The van der Waals surface area contributed by atoms with Crippen LogP contribution in [0, 0.1) is 27.7 Å². The molecule has 0 saturated heterocycles. The normalized spacial score (nSPS) is 8.93.